The van der Waals surface area contributed by atoms with E-state index >= 15 is 0 Å². The van der Waals surface area contributed by atoms with E-state index < -0.39 is 22.8 Å². The standard InChI is InChI=1S/C24H28Cl2N6O4/c1-15(2)22(28-23(33)16-4-6-19(25)20(26)13-16)24(34)29-27-14-17-12-18(32(35)36)5-7-21(17)31-10-8-30(3)9-11-31/h4-7,12-15,22H,8-11H2,1-3H3,(H,28,33)(H,29,34). The van der Waals surface area contributed by atoms with Gasteiger partial charge >= 0.3 is 0 Å². The molecule has 1 unspecified atom stereocenters. The maximum absolute atomic E-state index is 12.8. The highest BCUT2D eigenvalue weighted by atomic mass is 35.5. The maximum Gasteiger partial charge on any atom is 0.270 e. The predicted molar refractivity (Wildman–Crippen MR) is 141 cm³/mol. The average molecular weight is 535 g/mol. The smallest absolute Gasteiger partial charge is 0.270 e. The van der Waals surface area contributed by atoms with Crippen LogP contribution in [-0.4, -0.2) is 67.1 Å². The topological polar surface area (TPSA) is 120 Å². The first-order valence-electron chi connectivity index (χ1n) is 11.4. The van der Waals surface area contributed by atoms with Gasteiger partial charge in [-0.15, -0.1) is 0 Å². The van der Waals surface area contributed by atoms with Crippen LogP contribution in [0.3, 0.4) is 0 Å². The number of halogens is 2. The second-order valence-electron chi connectivity index (χ2n) is 8.85. The molecule has 2 aromatic carbocycles. The zero-order valence-electron chi connectivity index (χ0n) is 20.2. The Bertz CT molecular complexity index is 1170. The molecule has 0 bridgehead atoms. The van der Waals surface area contributed by atoms with Gasteiger partial charge < -0.3 is 15.1 Å². The molecule has 12 heteroatoms. The lowest BCUT2D eigenvalue weighted by Gasteiger charge is -2.34. The molecule has 0 aliphatic carbocycles. The van der Waals surface area contributed by atoms with Gasteiger partial charge in [0.05, 0.1) is 21.2 Å². The van der Waals surface area contributed by atoms with Crippen LogP contribution in [0.25, 0.3) is 0 Å². The maximum atomic E-state index is 12.8. The molecule has 3 rings (SSSR count). The second kappa shape index (κ2) is 12.2. The number of nitro groups is 1. The first kappa shape index (κ1) is 27.4. The first-order valence-corrected chi connectivity index (χ1v) is 12.1. The molecule has 1 heterocycles. The van der Waals surface area contributed by atoms with Crippen molar-refractivity contribution in [3.8, 4) is 0 Å². The van der Waals surface area contributed by atoms with Gasteiger partial charge in [-0.25, -0.2) is 5.43 Å². The Hall–Kier alpha value is -3.21. The number of rotatable bonds is 8. The van der Waals surface area contributed by atoms with Gasteiger partial charge in [-0.05, 0) is 37.2 Å². The Morgan fingerprint density at radius 3 is 2.39 bits per heavy atom. The number of carbonyl (C=O) groups excluding carboxylic acids is 2. The van der Waals surface area contributed by atoms with Crippen molar-refractivity contribution in [2.75, 3.05) is 38.1 Å². The van der Waals surface area contributed by atoms with Crippen molar-refractivity contribution in [3.05, 3.63) is 67.7 Å². The predicted octanol–water partition coefficient (Wildman–Crippen LogP) is 3.56. The van der Waals surface area contributed by atoms with Gasteiger partial charge in [0.25, 0.3) is 17.5 Å². The van der Waals surface area contributed by atoms with Crippen molar-refractivity contribution in [1.29, 1.82) is 0 Å². The fourth-order valence-electron chi connectivity index (χ4n) is 3.73. The minimum atomic E-state index is -0.883. The number of nitro benzene ring substituents is 1. The second-order valence-corrected chi connectivity index (χ2v) is 9.66. The Morgan fingerprint density at radius 2 is 1.78 bits per heavy atom. The van der Waals surface area contributed by atoms with Gasteiger partial charge in [-0.2, -0.15) is 5.10 Å². The summed E-state index contributed by atoms with van der Waals surface area (Å²) in [5.74, 6) is -1.26. The molecule has 0 radical (unpaired) electrons. The number of benzene rings is 2. The summed E-state index contributed by atoms with van der Waals surface area (Å²) in [5.41, 5.74) is 3.94. The zero-order valence-corrected chi connectivity index (χ0v) is 21.7. The monoisotopic (exact) mass is 534 g/mol. The van der Waals surface area contributed by atoms with Crippen LogP contribution in [-0.2, 0) is 4.79 Å². The highest BCUT2D eigenvalue weighted by molar-refractivity contribution is 6.42. The summed E-state index contributed by atoms with van der Waals surface area (Å²) >= 11 is 11.9. The number of amides is 2. The molecule has 2 N–H and O–H groups in total. The van der Waals surface area contributed by atoms with E-state index in [9.17, 15) is 19.7 Å². The van der Waals surface area contributed by atoms with Crippen molar-refractivity contribution in [1.82, 2.24) is 15.6 Å². The lowest BCUT2D eigenvalue weighted by atomic mass is 10.0. The summed E-state index contributed by atoms with van der Waals surface area (Å²) in [5, 5.41) is 18.6. The van der Waals surface area contributed by atoms with Crippen molar-refractivity contribution < 1.29 is 14.5 Å². The lowest BCUT2D eigenvalue weighted by molar-refractivity contribution is -0.384. The highest BCUT2D eigenvalue weighted by Crippen LogP contribution is 2.25. The van der Waals surface area contributed by atoms with E-state index in [1.807, 2.05) is 7.05 Å². The number of anilines is 1. The van der Waals surface area contributed by atoms with Gasteiger partial charge in [0.1, 0.15) is 6.04 Å². The number of nitrogens with one attached hydrogen (secondary N) is 2. The average Bonchev–Trinajstić information content (AvgIpc) is 2.84. The SMILES string of the molecule is CC(C)C(NC(=O)c1ccc(Cl)c(Cl)c1)C(=O)NN=Cc1cc([N+](=O)[O-])ccc1N1CCN(C)CC1. The summed E-state index contributed by atoms with van der Waals surface area (Å²) in [6, 6.07) is 8.14. The fourth-order valence-corrected chi connectivity index (χ4v) is 4.02. The number of hydrazone groups is 1. The Labute approximate surface area is 219 Å². The molecule has 0 aromatic heterocycles. The molecule has 36 heavy (non-hydrogen) atoms. The molecule has 2 aromatic rings. The van der Waals surface area contributed by atoms with Gasteiger partial charge in [0, 0.05) is 55.1 Å². The van der Waals surface area contributed by atoms with Crippen LogP contribution in [0.5, 0.6) is 0 Å². The fraction of sp³-hybridized carbons (Fsp3) is 0.375. The van der Waals surface area contributed by atoms with Crippen LogP contribution in [0.15, 0.2) is 41.5 Å². The molecule has 10 nitrogen and oxygen atoms in total. The Morgan fingerprint density at radius 1 is 1.08 bits per heavy atom. The summed E-state index contributed by atoms with van der Waals surface area (Å²) < 4.78 is 0. The molecular weight excluding hydrogens is 507 g/mol. The number of hydrogen-bond donors (Lipinski definition) is 2. The summed E-state index contributed by atoms with van der Waals surface area (Å²) in [6.45, 7) is 6.82. The lowest BCUT2D eigenvalue weighted by Crippen LogP contribution is -2.48. The van der Waals surface area contributed by atoms with Gasteiger partial charge in [0.2, 0.25) is 0 Å². The molecule has 1 aliphatic rings. The molecule has 1 atom stereocenters. The van der Waals surface area contributed by atoms with Crippen molar-refractivity contribution in [2.24, 2.45) is 11.0 Å². The van der Waals surface area contributed by atoms with Gasteiger partial charge in [0.15, 0.2) is 0 Å². The van der Waals surface area contributed by atoms with Crippen LogP contribution in [0.1, 0.15) is 29.8 Å². The van der Waals surface area contributed by atoms with Crippen LogP contribution in [0.4, 0.5) is 11.4 Å². The van der Waals surface area contributed by atoms with E-state index in [-0.39, 0.29) is 22.2 Å². The van der Waals surface area contributed by atoms with E-state index in [1.54, 1.807) is 19.9 Å². The van der Waals surface area contributed by atoms with Crippen molar-refractivity contribution in [2.45, 2.75) is 19.9 Å². The van der Waals surface area contributed by atoms with E-state index in [0.29, 0.717) is 10.6 Å². The third-order valence-electron chi connectivity index (χ3n) is 5.86. The molecule has 0 saturated carbocycles. The van der Waals surface area contributed by atoms with Crippen LogP contribution in [0.2, 0.25) is 10.0 Å². The van der Waals surface area contributed by atoms with Crippen LogP contribution in [0, 0.1) is 16.0 Å². The van der Waals surface area contributed by atoms with E-state index in [2.05, 4.69) is 25.6 Å². The number of hydrogen-bond acceptors (Lipinski definition) is 7. The number of non-ortho nitro benzene ring substituents is 1. The normalized spacial score (nSPS) is 15.2. The Kier molecular flexibility index (Phi) is 9.25. The molecule has 1 saturated heterocycles. The van der Waals surface area contributed by atoms with Crippen molar-refractivity contribution in [3.63, 3.8) is 0 Å². The number of piperazine rings is 1. The van der Waals surface area contributed by atoms with Crippen LogP contribution >= 0.6 is 23.2 Å². The molecule has 1 aliphatic heterocycles. The summed E-state index contributed by atoms with van der Waals surface area (Å²) in [4.78, 5) is 40.7. The van der Waals surface area contributed by atoms with E-state index in [4.69, 9.17) is 23.2 Å². The largest absolute Gasteiger partial charge is 0.368 e. The molecule has 1 fully saturated rings. The quantitative estimate of drug-likeness (QED) is 0.303. The Balaban J connectivity index is 1.74. The zero-order chi connectivity index (χ0) is 26.4. The first-order chi connectivity index (χ1) is 17.1. The number of nitrogens with zero attached hydrogens (tertiary/aromatic N) is 4. The van der Waals surface area contributed by atoms with Gasteiger partial charge in [-0.3, -0.25) is 19.7 Å². The minimum absolute atomic E-state index is 0.0744. The molecule has 192 valence electrons. The number of likely N-dealkylation sites (N-methyl/N-ethyl adjacent to an activating group) is 1. The molecular formula is C24H28Cl2N6O4. The third kappa shape index (κ3) is 6.93. The minimum Gasteiger partial charge on any atom is -0.368 e. The van der Waals surface area contributed by atoms with Crippen molar-refractivity contribution >= 4 is 52.6 Å². The van der Waals surface area contributed by atoms with E-state index in [0.717, 1.165) is 31.9 Å². The highest BCUT2D eigenvalue weighted by Gasteiger charge is 2.25. The molecule has 2 amide bonds. The third-order valence-corrected chi connectivity index (χ3v) is 6.60. The van der Waals surface area contributed by atoms with Crippen LogP contribution < -0.4 is 15.6 Å². The van der Waals surface area contributed by atoms with Gasteiger partial charge in [-0.1, -0.05) is 37.0 Å². The number of carbonyl (C=O) groups is 2. The summed E-state index contributed by atoms with van der Waals surface area (Å²) in [6.07, 6.45) is 1.39. The summed E-state index contributed by atoms with van der Waals surface area (Å²) in [7, 11) is 2.04. The van der Waals surface area contributed by atoms with E-state index in [1.165, 1.54) is 36.5 Å². The molecule has 0 spiro atoms.